The highest BCUT2D eigenvalue weighted by atomic mass is 15.2. The molecule has 0 saturated heterocycles. The highest BCUT2D eigenvalue weighted by Crippen LogP contribution is 2.14. The first-order chi connectivity index (χ1) is 8.81. The maximum absolute atomic E-state index is 4.34. The minimum atomic E-state index is 0.212. The zero-order chi connectivity index (χ0) is 12.8. The van der Waals surface area contributed by atoms with Gasteiger partial charge in [-0.2, -0.15) is 5.10 Å². The fraction of sp³-hybridized carbons (Fsp3) is 0.583. The smallest absolute Gasteiger partial charge is 0.141 e. The second-order valence-corrected chi connectivity index (χ2v) is 4.37. The predicted octanol–water partition coefficient (Wildman–Crippen LogP) is 1.21. The van der Waals surface area contributed by atoms with Crippen LogP contribution in [0.1, 0.15) is 37.5 Å². The quantitative estimate of drug-likeness (QED) is 0.772. The first-order valence-corrected chi connectivity index (χ1v) is 6.36. The van der Waals surface area contributed by atoms with E-state index >= 15 is 0 Å². The molecule has 0 aliphatic carbocycles. The van der Waals surface area contributed by atoms with Crippen LogP contribution in [0, 0.1) is 0 Å². The van der Waals surface area contributed by atoms with Crippen LogP contribution in [0.15, 0.2) is 18.7 Å². The van der Waals surface area contributed by atoms with E-state index in [1.807, 2.05) is 19.4 Å². The summed E-state index contributed by atoms with van der Waals surface area (Å²) in [7, 11) is 2.02. The lowest BCUT2D eigenvalue weighted by Crippen LogP contribution is -2.24. The van der Waals surface area contributed by atoms with E-state index in [4.69, 9.17) is 0 Å². The highest BCUT2D eigenvalue weighted by Gasteiger charge is 2.14. The van der Waals surface area contributed by atoms with Gasteiger partial charge in [-0.05, 0) is 19.4 Å². The van der Waals surface area contributed by atoms with Crippen molar-refractivity contribution in [3.05, 3.63) is 30.4 Å². The molecule has 6 nitrogen and oxygen atoms in total. The van der Waals surface area contributed by atoms with Gasteiger partial charge < -0.3 is 9.88 Å². The fourth-order valence-electron chi connectivity index (χ4n) is 1.95. The molecule has 1 atom stereocenters. The van der Waals surface area contributed by atoms with Crippen molar-refractivity contribution in [2.75, 3.05) is 6.54 Å². The molecule has 2 rings (SSSR count). The average Bonchev–Trinajstić information content (AvgIpc) is 3.01. The van der Waals surface area contributed by atoms with Gasteiger partial charge in [0, 0.05) is 25.9 Å². The molecule has 2 aromatic rings. The number of nitrogens with zero attached hydrogens (tertiary/aromatic N) is 4. The van der Waals surface area contributed by atoms with Crippen LogP contribution in [0.4, 0.5) is 0 Å². The van der Waals surface area contributed by atoms with Gasteiger partial charge in [0.2, 0.25) is 0 Å². The number of aryl methyl sites for hydroxylation is 2. The molecule has 1 unspecified atom stereocenters. The molecule has 0 aromatic carbocycles. The van der Waals surface area contributed by atoms with E-state index in [0.29, 0.717) is 0 Å². The minimum absolute atomic E-state index is 0.212. The first kappa shape index (κ1) is 12.8. The summed E-state index contributed by atoms with van der Waals surface area (Å²) in [5.41, 5.74) is 0. The maximum atomic E-state index is 4.34. The van der Waals surface area contributed by atoms with E-state index in [0.717, 1.165) is 37.5 Å². The number of hydrogen-bond donors (Lipinski definition) is 2. The van der Waals surface area contributed by atoms with E-state index in [1.165, 1.54) is 0 Å². The summed E-state index contributed by atoms with van der Waals surface area (Å²) < 4.78 is 2.05. The Morgan fingerprint density at radius 2 is 2.33 bits per heavy atom. The fourth-order valence-corrected chi connectivity index (χ4v) is 1.95. The van der Waals surface area contributed by atoms with Gasteiger partial charge in [-0.3, -0.25) is 5.10 Å². The summed E-state index contributed by atoms with van der Waals surface area (Å²) in [6, 6.07) is 0.212. The molecule has 6 heteroatoms. The van der Waals surface area contributed by atoms with Crippen LogP contribution in [-0.4, -0.2) is 31.3 Å². The van der Waals surface area contributed by atoms with Gasteiger partial charge in [0.15, 0.2) is 0 Å². The van der Waals surface area contributed by atoms with Crippen molar-refractivity contribution >= 4 is 0 Å². The summed E-state index contributed by atoms with van der Waals surface area (Å²) >= 11 is 0. The first-order valence-electron chi connectivity index (χ1n) is 6.36. The molecule has 2 heterocycles. The van der Waals surface area contributed by atoms with Gasteiger partial charge >= 0.3 is 0 Å². The molecular formula is C12H20N6. The Morgan fingerprint density at radius 1 is 1.44 bits per heavy atom. The predicted molar refractivity (Wildman–Crippen MR) is 68.9 cm³/mol. The van der Waals surface area contributed by atoms with Crippen LogP contribution in [0.5, 0.6) is 0 Å². The molecular weight excluding hydrogens is 228 g/mol. The molecule has 18 heavy (non-hydrogen) atoms. The summed E-state index contributed by atoms with van der Waals surface area (Å²) in [6.45, 7) is 3.13. The van der Waals surface area contributed by atoms with Crippen LogP contribution in [-0.2, 0) is 13.5 Å². The minimum Gasteiger partial charge on any atom is -0.338 e. The van der Waals surface area contributed by atoms with Crippen molar-refractivity contribution in [3.63, 3.8) is 0 Å². The summed E-state index contributed by atoms with van der Waals surface area (Å²) in [4.78, 5) is 8.57. The Kier molecular flexibility index (Phi) is 4.46. The Balaban J connectivity index is 1.95. The second kappa shape index (κ2) is 6.30. The van der Waals surface area contributed by atoms with Crippen LogP contribution >= 0.6 is 0 Å². The summed E-state index contributed by atoms with van der Waals surface area (Å²) in [5, 5.41) is 10.3. The van der Waals surface area contributed by atoms with Gasteiger partial charge in [-0.25, -0.2) is 9.97 Å². The van der Waals surface area contributed by atoms with Gasteiger partial charge in [0.1, 0.15) is 18.0 Å². The van der Waals surface area contributed by atoms with Crippen LogP contribution in [0.2, 0.25) is 0 Å². The molecule has 0 spiro atoms. The third-order valence-electron chi connectivity index (χ3n) is 2.98. The lowest BCUT2D eigenvalue weighted by Gasteiger charge is -2.15. The number of nitrogens with one attached hydrogen (secondary N) is 2. The molecule has 0 fully saturated rings. The molecule has 0 aliphatic heterocycles. The van der Waals surface area contributed by atoms with E-state index in [9.17, 15) is 0 Å². The number of aromatic amines is 1. The topological polar surface area (TPSA) is 71.4 Å². The Labute approximate surface area is 107 Å². The van der Waals surface area contributed by atoms with Crippen molar-refractivity contribution in [2.24, 2.45) is 7.05 Å². The highest BCUT2D eigenvalue weighted by molar-refractivity contribution is 4.96. The lowest BCUT2D eigenvalue weighted by molar-refractivity contribution is 0.471. The molecule has 0 aliphatic rings. The van der Waals surface area contributed by atoms with Crippen molar-refractivity contribution in [3.8, 4) is 0 Å². The van der Waals surface area contributed by atoms with E-state index in [2.05, 4.69) is 37.0 Å². The Bertz CT molecular complexity index is 447. The molecule has 0 radical (unpaired) electrons. The molecule has 0 saturated carbocycles. The second-order valence-electron chi connectivity index (χ2n) is 4.37. The zero-order valence-corrected chi connectivity index (χ0v) is 10.9. The molecule has 2 N–H and O–H groups in total. The van der Waals surface area contributed by atoms with E-state index in [1.54, 1.807) is 6.33 Å². The van der Waals surface area contributed by atoms with Gasteiger partial charge in [0.25, 0.3) is 0 Å². The summed E-state index contributed by atoms with van der Waals surface area (Å²) in [6.07, 6.45) is 8.34. The number of aromatic nitrogens is 5. The Morgan fingerprint density at radius 3 is 2.94 bits per heavy atom. The van der Waals surface area contributed by atoms with Crippen molar-refractivity contribution < 1.29 is 0 Å². The standard InChI is InChI=1S/C12H20N6/c1-3-6-13-10(12-15-9-16-17-12)4-5-11-14-7-8-18(11)2/h7-10,13H,3-6H2,1-2H3,(H,15,16,17). The third kappa shape index (κ3) is 3.16. The van der Waals surface area contributed by atoms with E-state index < -0.39 is 0 Å². The molecule has 0 bridgehead atoms. The Hall–Kier alpha value is -1.69. The van der Waals surface area contributed by atoms with Gasteiger partial charge in [0.05, 0.1) is 6.04 Å². The zero-order valence-electron chi connectivity index (χ0n) is 10.9. The number of imidazole rings is 1. The summed E-state index contributed by atoms with van der Waals surface area (Å²) in [5.74, 6) is 2.00. The van der Waals surface area contributed by atoms with Crippen molar-refractivity contribution in [2.45, 2.75) is 32.2 Å². The molecule has 98 valence electrons. The number of rotatable bonds is 7. The van der Waals surface area contributed by atoms with Crippen LogP contribution < -0.4 is 5.32 Å². The van der Waals surface area contributed by atoms with Crippen molar-refractivity contribution in [1.82, 2.24) is 30.0 Å². The van der Waals surface area contributed by atoms with Crippen molar-refractivity contribution in [1.29, 1.82) is 0 Å². The van der Waals surface area contributed by atoms with Crippen LogP contribution in [0.25, 0.3) is 0 Å². The van der Waals surface area contributed by atoms with Gasteiger partial charge in [-0.15, -0.1) is 0 Å². The lowest BCUT2D eigenvalue weighted by atomic mass is 10.1. The molecule has 0 amide bonds. The average molecular weight is 248 g/mol. The number of H-pyrrole nitrogens is 1. The maximum Gasteiger partial charge on any atom is 0.141 e. The third-order valence-corrected chi connectivity index (χ3v) is 2.98. The van der Waals surface area contributed by atoms with Crippen LogP contribution in [0.3, 0.4) is 0 Å². The largest absolute Gasteiger partial charge is 0.338 e. The number of hydrogen-bond acceptors (Lipinski definition) is 4. The van der Waals surface area contributed by atoms with E-state index in [-0.39, 0.29) is 6.04 Å². The normalized spacial score (nSPS) is 12.8. The molecule has 2 aromatic heterocycles. The monoisotopic (exact) mass is 248 g/mol. The SMILES string of the molecule is CCCNC(CCc1nccn1C)c1ncn[nH]1. The van der Waals surface area contributed by atoms with Gasteiger partial charge in [-0.1, -0.05) is 6.92 Å².